The highest BCUT2D eigenvalue weighted by atomic mass is 16.3. The van der Waals surface area contributed by atoms with Crippen molar-refractivity contribution in [2.45, 2.75) is 6.42 Å². The molecule has 3 aromatic heterocycles. The molecule has 4 aromatic rings. The normalized spacial score (nSPS) is 13.3. The first-order chi connectivity index (χ1) is 13.3. The molecule has 1 aliphatic rings. The number of aromatic nitrogens is 4. The number of oxazole rings is 1. The van der Waals surface area contributed by atoms with Crippen molar-refractivity contribution < 1.29 is 9.21 Å². The lowest BCUT2D eigenvalue weighted by Crippen LogP contribution is -2.31. The molecule has 2 N–H and O–H groups in total. The minimum atomic E-state index is -0.0453. The fraction of sp³-hybridized carbons (Fsp3) is 0.100. The average molecular weight is 357 g/mol. The first kappa shape index (κ1) is 15.5. The van der Waals surface area contributed by atoms with Crippen LogP contribution >= 0.6 is 0 Å². The van der Waals surface area contributed by atoms with Gasteiger partial charge < -0.3 is 14.7 Å². The van der Waals surface area contributed by atoms with Crippen LogP contribution < -0.4 is 5.32 Å². The molecule has 0 unspecified atom stereocenters. The topological polar surface area (TPSA) is 96.7 Å². The molecule has 7 nitrogen and oxygen atoms in total. The number of benzene rings is 1. The number of H-pyrrole nitrogens is 1. The number of carbonyl (C=O) groups excluding carboxylic acids is 1. The van der Waals surface area contributed by atoms with Gasteiger partial charge in [-0.05, 0) is 12.1 Å². The van der Waals surface area contributed by atoms with Crippen LogP contribution in [0.4, 0.5) is 0 Å². The number of aromatic amines is 1. The van der Waals surface area contributed by atoms with Gasteiger partial charge in [-0.1, -0.05) is 24.3 Å². The zero-order chi connectivity index (χ0) is 18.2. The summed E-state index contributed by atoms with van der Waals surface area (Å²) in [5.74, 6) is 1.29. The predicted molar refractivity (Wildman–Crippen MR) is 98.8 cm³/mol. The van der Waals surface area contributed by atoms with Crippen LogP contribution in [0, 0.1) is 0 Å². The molecule has 27 heavy (non-hydrogen) atoms. The summed E-state index contributed by atoms with van der Waals surface area (Å²) >= 11 is 0. The third-order valence-corrected chi connectivity index (χ3v) is 4.60. The standard InChI is InChI=1S/C20H15N5O2/c26-20-14-9-17(24-15(14)5-8-23-20)16-6-7-22-19(25-16)13-3-1-12(2-4-13)18-10-21-11-27-18/h1-4,6-7,9-11,24H,5,8H2,(H,23,26). The van der Waals surface area contributed by atoms with Crippen LogP contribution in [-0.2, 0) is 6.42 Å². The monoisotopic (exact) mass is 357 g/mol. The van der Waals surface area contributed by atoms with Crippen molar-refractivity contribution in [3.05, 3.63) is 66.4 Å². The van der Waals surface area contributed by atoms with E-state index in [2.05, 4.69) is 25.3 Å². The number of fused-ring (bicyclic) bond motifs is 1. The smallest absolute Gasteiger partial charge is 0.253 e. The summed E-state index contributed by atoms with van der Waals surface area (Å²) in [7, 11) is 0. The van der Waals surface area contributed by atoms with Crippen LogP contribution in [0.15, 0.2) is 59.6 Å². The van der Waals surface area contributed by atoms with Crippen LogP contribution in [0.1, 0.15) is 16.1 Å². The molecule has 5 rings (SSSR count). The van der Waals surface area contributed by atoms with Crippen molar-refractivity contribution in [3.63, 3.8) is 0 Å². The van der Waals surface area contributed by atoms with Gasteiger partial charge in [0.05, 0.1) is 23.1 Å². The molecule has 0 saturated heterocycles. The van der Waals surface area contributed by atoms with Crippen LogP contribution in [-0.4, -0.2) is 32.4 Å². The van der Waals surface area contributed by atoms with Crippen molar-refractivity contribution in [3.8, 4) is 34.1 Å². The van der Waals surface area contributed by atoms with Crippen molar-refractivity contribution >= 4 is 5.91 Å². The lowest BCUT2D eigenvalue weighted by Gasteiger charge is -2.10. The van der Waals surface area contributed by atoms with E-state index >= 15 is 0 Å². The van der Waals surface area contributed by atoms with Gasteiger partial charge in [-0.15, -0.1) is 0 Å². The highest BCUT2D eigenvalue weighted by Crippen LogP contribution is 2.26. The Hall–Kier alpha value is -3.74. The summed E-state index contributed by atoms with van der Waals surface area (Å²) in [6.45, 7) is 0.651. The number of nitrogens with zero attached hydrogens (tertiary/aromatic N) is 3. The highest BCUT2D eigenvalue weighted by molar-refractivity contribution is 5.97. The molecule has 0 aliphatic carbocycles. The Morgan fingerprint density at radius 1 is 1.07 bits per heavy atom. The molecule has 7 heteroatoms. The highest BCUT2D eigenvalue weighted by Gasteiger charge is 2.20. The van der Waals surface area contributed by atoms with E-state index in [1.54, 1.807) is 12.4 Å². The zero-order valence-electron chi connectivity index (χ0n) is 14.3. The van der Waals surface area contributed by atoms with Gasteiger partial charge in [-0.3, -0.25) is 4.79 Å². The second kappa shape index (κ2) is 6.21. The summed E-state index contributed by atoms with van der Waals surface area (Å²) in [5.41, 5.74) is 5.04. The van der Waals surface area contributed by atoms with Gasteiger partial charge in [0.2, 0.25) is 0 Å². The van der Waals surface area contributed by atoms with E-state index in [4.69, 9.17) is 4.42 Å². The zero-order valence-corrected chi connectivity index (χ0v) is 14.3. The summed E-state index contributed by atoms with van der Waals surface area (Å²) in [6.07, 6.45) is 5.60. The maximum absolute atomic E-state index is 12.0. The van der Waals surface area contributed by atoms with Gasteiger partial charge in [-0.25, -0.2) is 15.0 Å². The van der Waals surface area contributed by atoms with Crippen LogP contribution in [0.25, 0.3) is 34.1 Å². The van der Waals surface area contributed by atoms with E-state index < -0.39 is 0 Å². The molecule has 1 aliphatic heterocycles. The maximum atomic E-state index is 12.0. The van der Waals surface area contributed by atoms with E-state index in [1.807, 2.05) is 36.4 Å². The Kier molecular flexibility index (Phi) is 3.57. The third-order valence-electron chi connectivity index (χ3n) is 4.60. The van der Waals surface area contributed by atoms with E-state index in [1.165, 1.54) is 6.39 Å². The largest absolute Gasteiger partial charge is 0.444 e. The van der Waals surface area contributed by atoms with Gasteiger partial charge in [-0.2, -0.15) is 0 Å². The van der Waals surface area contributed by atoms with Gasteiger partial charge in [0.1, 0.15) is 0 Å². The van der Waals surface area contributed by atoms with Crippen LogP contribution in [0.2, 0.25) is 0 Å². The molecule has 0 radical (unpaired) electrons. The Bertz CT molecular complexity index is 1110. The molecule has 1 amide bonds. The van der Waals surface area contributed by atoms with Crippen molar-refractivity contribution in [1.82, 2.24) is 25.3 Å². The molecular formula is C20H15N5O2. The van der Waals surface area contributed by atoms with E-state index in [0.29, 0.717) is 23.7 Å². The lowest BCUT2D eigenvalue weighted by molar-refractivity contribution is 0.0946. The van der Waals surface area contributed by atoms with Gasteiger partial charge >= 0.3 is 0 Å². The minimum Gasteiger partial charge on any atom is -0.444 e. The van der Waals surface area contributed by atoms with Crippen molar-refractivity contribution in [1.29, 1.82) is 0 Å². The summed E-state index contributed by atoms with van der Waals surface area (Å²) in [6, 6.07) is 11.5. The molecule has 0 saturated carbocycles. The van der Waals surface area contributed by atoms with Crippen LogP contribution in [0.5, 0.6) is 0 Å². The SMILES string of the molecule is O=C1NCCc2[nH]c(-c3ccnc(-c4ccc(-c5cnco5)cc4)n3)cc21. The molecule has 0 atom stereocenters. The maximum Gasteiger partial charge on any atom is 0.253 e. The van der Waals surface area contributed by atoms with E-state index in [9.17, 15) is 4.79 Å². The van der Waals surface area contributed by atoms with Crippen LogP contribution in [0.3, 0.4) is 0 Å². The Labute approximate surface area is 154 Å². The quantitative estimate of drug-likeness (QED) is 0.587. The Morgan fingerprint density at radius 3 is 2.70 bits per heavy atom. The summed E-state index contributed by atoms with van der Waals surface area (Å²) in [4.78, 5) is 28.3. The van der Waals surface area contributed by atoms with Gasteiger partial charge in [0, 0.05) is 36.0 Å². The molecule has 0 bridgehead atoms. The molecule has 4 heterocycles. The summed E-state index contributed by atoms with van der Waals surface area (Å²) in [5, 5.41) is 2.85. The second-order valence-corrected chi connectivity index (χ2v) is 6.29. The first-order valence-electron chi connectivity index (χ1n) is 8.61. The number of amides is 1. The average Bonchev–Trinajstić information content (AvgIpc) is 3.39. The Morgan fingerprint density at radius 2 is 1.93 bits per heavy atom. The van der Waals surface area contributed by atoms with Crippen molar-refractivity contribution in [2.24, 2.45) is 0 Å². The van der Waals surface area contributed by atoms with E-state index in [-0.39, 0.29) is 5.91 Å². The second-order valence-electron chi connectivity index (χ2n) is 6.29. The fourth-order valence-electron chi connectivity index (χ4n) is 3.22. The minimum absolute atomic E-state index is 0.0453. The predicted octanol–water partition coefficient (Wildman–Crippen LogP) is 3.08. The number of carbonyl (C=O) groups is 1. The molecular weight excluding hydrogens is 342 g/mol. The molecule has 0 fully saturated rings. The summed E-state index contributed by atoms with van der Waals surface area (Å²) < 4.78 is 5.31. The van der Waals surface area contributed by atoms with E-state index in [0.717, 1.165) is 34.6 Å². The lowest BCUT2D eigenvalue weighted by atomic mass is 10.1. The Balaban J connectivity index is 1.48. The van der Waals surface area contributed by atoms with Gasteiger partial charge in [0.25, 0.3) is 5.91 Å². The first-order valence-corrected chi connectivity index (χ1v) is 8.61. The third kappa shape index (κ3) is 2.79. The molecule has 132 valence electrons. The van der Waals surface area contributed by atoms with Crippen molar-refractivity contribution in [2.75, 3.05) is 6.54 Å². The molecule has 1 aromatic carbocycles. The number of hydrogen-bond acceptors (Lipinski definition) is 5. The number of rotatable bonds is 3. The van der Waals surface area contributed by atoms with Gasteiger partial charge in [0.15, 0.2) is 18.0 Å². The number of nitrogens with one attached hydrogen (secondary N) is 2. The fourth-order valence-corrected chi connectivity index (χ4v) is 3.22. The molecule has 0 spiro atoms. The number of hydrogen-bond donors (Lipinski definition) is 2.